The predicted molar refractivity (Wildman–Crippen MR) is 112 cm³/mol. The first-order valence-corrected chi connectivity index (χ1v) is 9.12. The van der Waals surface area contributed by atoms with Gasteiger partial charge < -0.3 is 0 Å². The summed E-state index contributed by atoms with van der Waals surface area (Å²) in [7, 11) is 0. The lowest BCUT2D eigenvalue weighted by atomic mass is 9.99. The number of hydrogen-bond donors (Lipinski definition) is 0. The van der Waals surface area contributed by atoms with Crippen molar-refractivity contribution in [3.8, 4) is 11.3 Å². The van der Waals surface area contributed by atoms with Gasteiger partial charge in [-0.3, -0.25) is 0 Å². The van der Waals surface area contributed by atoms with Crippen LogP contribution in [0.1, 0.15) is 0 Å². The minimum atomic E-state index is 0.608. The molecule has 124 valence electrons. The number of halogens is 2. The van der Waals surface area contributed by atoms with Gasteiger partial charge in [0.25, 0.3) is 0 Å². The minimum absolute atomic E-state index is 0.608. The zero-order valence-corrected chi connectivity index (χ0v) is 15.2. The summed E-state index contributed by atoms with van der Waals surface area (Å²) in [5.74, 6) is 0. The number of fused-ring (bicyclic) bond motifs is 4. The molecule has 5 aromatic rings. The Morgan fingerprint density at radius 1 is 0.615 bits per heavy atom. The zero-order chi connectivity index (χ0) is 17.7. The molecule has 0 N–H and O–H groups in total. The maximum Gasteiger partial charge on any atom is 0.0724 e. The van der Waals surface area contributed by atoms with E-state index >= 15 is 0 Å². The fourth-order valence-electron chi connectivity index (χ4n) is 3.47. The van der Waals surface area contributed by atoms with Crippen LogP contribution in [-0.2, 0) is 0 Å². The van der Waals surface area contributed by atoms with Gasteiger partial charge in [0.15, 0.2) is 0 Å². The van der Waals surface area contributed by atoms with Crippen molar-refractivity contribution < 1.29 is 0 Å². The van der Waals surface area contributed by atoms with Gasteiger partial charge in [0.2, 0.25) is 0 Å². The molecule has 0 spiro atoms. The Morgan fingerprint density at radius 3 is 2.23 bits per heavy atom. The van der Waals surface area contributed by atoms with Crippen molar-refractivity contribution in [1.29, 1.82) is 0 Å². The van der Waals surface area contributed by atoms with Crippen LogP contribution in [0.2, 0.25) is 10.0 Å². The van der Waals surface area contributed by atoms with Gasteiger partial charge in [-0.25, -0.2) is 4.98 Å². The molecular weight excluding hydrogens is 361 g/mol. The zero-order valence-electron chi connectivity index (χ0n) is 13.7. The summed E-state index contributed by atoms with van der Waals surface area (Å²) in [6.07, 6.45) is 0. The first-order valence-electron chi connectivity index (χ1n) is 8.37. The second-order valence-electron chi connectivity index (χ2n) is 6.37. The van der Waals surface area contributed by atoms with Crippen LogP contribution in [0.4, 0.5) is 0 Å². The lowest BCUT2D eigenvalue weighted by molar-refractivity contribution is 1.40. The molecule has 1 aromatic heterocycles. The largest absolute Gasteiger partial charge is 0.248 e. The average Bonchev–Trinajstić information content (AvgIpc) is 2.66. The number of nitrogens with zero attached hydrogens (tertiary/aromatic N) is 1. The molecule has 0 radical (unpaired) electrons. The second-order valence-corrected chi connectivity index (χ2v) is 7.22. The van der Waals surface area contributed by atoms with Gasteiger partial charge in [-0.05, 0) is 64.0 Å². The van der Waals surface area contributed by atoms with E-state index in [4.69, 9.17) is 28.2 Å². The van der Waals surface area contributed by atoms with Crippen molar-refractivity contribution in [2.75, 3.05) is 0 Å². The molecule has 0 saturated carbocycles. The van der Waals surface area contributed by atoms with E-state index in [0.717, 1.165) is 22.2 Å². The molecule has 0 amide bonds. The number of benzene rings is 4. The third kappa shape index (κ3) is 2.52. The summed E-state index contributed by atoms with van der Waals surface area (Å²) in [6.45, 7) is 0. The van der Waals surface area contributed by atoms with E-state index in [1.54, 1.807) is 6.07 Å². The third-order valence-corrected chi connectivity index (χ3v) is 5.31. The highest BCUT2D eigenvalue weighted by molar-refractivity contribution is 6.36. The van der Waals surface area contributed by atoms with Gasteiger partial charge in [0, 0.05) is 16.0 Å². The quantitative estimate of drug-likeness (QED) is 0.218. The van der Waals surface area contributed by atoms with Crippen LogP contribution in [0.5, 0.6) is 0 Å². The van der Waals surface area contributed by atoms with E-state index in [1.807, 2.05) is 18.2 Å². The van der Waals surface area contributed by atoms with Crippen LogP contribution >= 0.6 is 23.2 Å². The van der Waals surface area contributed by atoms with Crippen LogP contribution in [0.3, 0.4) is 0 Å². The Kier molecular flexibility index (Phi) is 3.59. The Bertz CT molecular complexity index is 1310. The van der Waals surface area contributed by atoms with Gasteiger partial charge in [0.1, 0.15) is 0 Å². The molecule has 0 aliphatic carbocycles. The maximum absolute atomic E-state index is 6.35. The molecule has 0 atom stereocenters. The Hall–Kier alpha value is -2.61. The molecule has 5 rings (SSSR count). The summed E-state index contributed by atoms with van der Waals surface area (Å²) in [4.78, 5) is 4.84. The normalized spacial score (nSPS) is 11.5. The molecule has 4 aromatic carbocycles. The minimum Gasteiger partial charge on any atom is -0.248 e. The third-order valence-electron chi connectivity index (χ3n) is 4.76. The SMILES string of the molecule is Clc1ccc(-c2ccc3c(ccc4cc5ccccc5cc43)n2)c(Cl)c1. The highest BCUT2D eigenvalue weighted by Gasteiger charge is 2.09. The molecule has 0 aliphatic heterocycles. The molecule has 0 aliphatic rings. The highest BCUT2D eigenvalue weighted by atomic mass is 35.5. The summed E-state index contributed by atoms with van der Waals surface area (Å²) in [5.41, 5.74) is 2.69. The molecule has 0 saturated heterocycles. The lowest BCUT2D eigenvalue weighted by Crippen LogP contribution is -1.88. The lowest BCUT2D eigenvalue weighted by Gasteiger charge is -2.09. The van der Waals surface area contributed by atoms with E-state index in [1.165, 1.54) is 21.5 Å². The first kappa shape index (κ1) is 15.6. The van der Waals surface area contributed by atoms with Crippen molar-refractivity contribution in [2.45, 2.75) is 0 Å². The fourth-order valence-corrected chi connectivity index (χ4v) is 3.98. The van der Waals surface area contributed by atoms with Crippen molar-refractivity contribution in [3.05, 3.63) is 88.9 Å². The molecule has 1 nitrogen and oxygen atoms in total. The van der Waals surface area contributed by atoms with Crippen LogP contribution in [-0.4, -0.2) is 4.98 Å². The van der Waals surface area contributed by atoms with E-state index in [2.05, 4.69) is 54.6 Å². The molecular formula is C23H13Cl2N. The average molecular weight is 374 g/mol. The van der Waals surface area contributed by atoms with E-state index in [-0.39, 0.29) is 0 Å². The number of rotatable bonds is 1. The molecule has 0 bridgehead atoms. The number of hydrogen-bond acceptors (Lipinski definition) is 1. The highest BCUT2D eigenvalue weighted by Crippen LogP contribution is 2.33. The van der Waals surface area contributed by atoms with E-state index in [0.29, 0.717) is 10.0 Å². The Morgan fingerprint density at radius 2 is 1.42 bits per heavy atom. The van der Waals surface area contributed by atoms with Crippen molar-refractivity contribution in [1.82, 2.24) is 4.98 Å². The predicted octanol–water partition coefficient (Wildman–Crippen LogP) is 7.52. The second kappa shape index (κ2) is 5.98. The van der Waals surface area contributed by atoms with Gasteiger partial charge in [0.05, 0.1) is 16.2 Å². The Balaban J connectivity index is 1.76. The van der Waals surface area contributed by atoms with Crippen LogP contribution in [0.15, 0.2) is 78.9 Å². The van der Waals surface area contributed by atoms with E-state index in [9.17, 15) is 0 Å². The van der Waals surface area contributed by atoms with Crippen molar-refractivity contribution >= 4 is 55.6 Å². The molecule has 0 fully saturated rings. The molecule has 0 unspecified atom stereocenters. The maximum atomic E-state index is 6.35. The standard InChI is InChI=1S/C23H13Cl2N/c24-17-6-7-19(21(25)13-17)23-10-8-18-20-12-15-4-2-1-3-14(15)11-16(20)5-9-22(18)26-23/h1-13H. The van der Waals surface area contributed by atoms with Crippen LogP contribution < -0.4 is 0 Å². The fraction of sp³-hybridized carbons (Fsp3) is 0. The van der Waals surface area contributed by atoms with Gasteiger partial charge >= 0.3 is 0 Å². The number of pyridine rings is 1. The summed E-state index contributed by atoms with van der Waals surface area (Å²) in [5, 5.41) is 7.28. The topological polar surface area (TPSA) is 12.9 Å². The monoisotopic (exact) mass is 373 g/mol. The molecule has 1 heterocycles. The Labute approximate surface area is 160 Å². The van der Waals surface area contributed by atoms with Crippen molar-refractivity contribution in [2.24, 2.45) is 0 Å². The summed E-state index contributed by atoms with van der Waals surface area (Å²) < 4.78 is 0. The number of aromatic nitrogens is 1. The molecule has 3 heteroatoms. The van der Waals surface area contributed by atoms with Gasteiger partial charge in [-0.2, -0.15) is 0 Å². The van der Waals surface area contributed by atoms with Gasteiger partial charge in [-0.15, -0.1) is 0 Å². The van der Waals surface area contributed by atoms with Crippen LogP contribution in [0, 0.1) is 0 Å². The first-order chi connectivity index (χ1) is 12.7. The van der Waals surface area contributed by atoms with Crippen molar-refractivity contribution in [3.63, 3.8) is 0 Å². The van der Waals surface area contributed by atoms with E-state index < -0.39 is 0 Å². The van der Waals surface area contributed by atoms with Crippen LogP contribution in [0.25, 0.3) is 43.7 Å². The van der Waals surface area contributed by atoms with Gasteiger partial charge in [-0.1, -0.05) is 59.6 Å². The summed E-state index contributed by atoms with van der Waals surface area (Å²) in [6, 6.07) is 26.7. The summed E-state index contributed by atoms with van der Waals surface area (Å²) >= 11 is 12.4. The molecule has 26 heavy (non-hydrogen) atoms. The smallest absolute Gasteiger partial charge is 0.0724 e.